The van der Waals surface area contributed by atoms with E-state index in [1.165, 1.54) is 6.42 Å². The van der Waals surface area contributed by atoms with E-state index in [9.17, 15) is 0 Å². The average Bonchev–Trinajstić information content (AvgIpc) is 2.32. The number of anilines is 1. The molecule has 1 saturated heterocycles. The van der Waals surface area contributed by atoms with Gasteiger partial charge in [0.1, 0.15) is 0 Å². The van der Waals surface area contributed by atoms with E-state index in [1.807, 2.05) is 18.2 Å². The Labute approximate surface area is 119 Å². The molecule has 1 atom stereocenters. The summed E-state index contributed by atoms with van der Waals surface area (Å²) in [6, 6.07) is 6.38. The Hall–Kier alpha value is -0.440. The third-order valence-electron chi connectivity index (χ3n) is 3.28. The summed E-state index contributed by atoms with van der Waals surface area (Å²) in [6.07, 6.45) is 1.19. The van der Waals surface area contributed by atoms with Gasteiger partial charge in [0.2, 0.25) is 0 Å². The van der Waals surface area contributed by atoms with Crippen molar-refractivity contribution in [2.24, 2.45) is 5.92 Å². The Morgan fingerprint density at radius 3 is 2.89 bits per heavy atom. The Bertz CT molecular complexity index is 407. The van der Waals surface area contributed by atoms with Crippen LogP contribution in [0.4, 0.5) is 5.69 Å². The number of benzene rings is 1. The van der Waals surface area contributed by atoms with Crippen LogP contribution >= 0.6 is 23.2 Å². The van der Waals surface area contributed by atoms with Gasteiger partial charge in [-0.2, -0.15) is 0 Å². The number of piperazine rings is 1. The number of halogens is 2. The van der Waals surface area contributed by atoms with Crippen molar-refractivity contribution in [3.8, 4) is 0 Å². The van der Waals surface area contributed by atoms with Crippen LogP contribution in [0.3, 0.4) is 0 Å². The lowest BCUT2D eigenvalue weighted by atomic mass is 10.0. The zero-order chi connectivity index (χ0) is 13.1. The molecule has 1 fully saturated rings. The fourth-order valence-electron chi connectivity index (χ4n) is 2.51. The van der Waals surface area contributed by atoms with E-state index in [1.54, 1.807) is 0 Å². The van der Waals surface area contributed by atoms with Crippen molar-refractivity contribution < 1.29 is 0 Å². The van der Waals surface area contributed by atoms with E-state index in [-0.39, 0.29) is 0 Å². The average molecular weight is 287 g/mol. The number of hydrogen-bond acceptors (Lipinski definition) is 2. The first-order valence-electron chi connectivity index (χ1n) is 6.50. The van der Waals surface area contributed by atoms with Crippen LogP contribution in [0.25, 0.3) is 0 Å². The van der Waals surface area contributed by atoms with Crippen molar-refractivity contribution >= 4 is 28.9 Å². The van der Waals surface area contributed by atoms with Gasteiger partial charge in [-0.3, -0.25) is 0 Å². The van der Waals surface area contributed by atoms with Crippen molar-refractivity contribution in [2.45, 2.75) is 26.3 Å². The third kappa shape index (κ3) is 3.31. The molecular weight excluding hydrogens is 267 g/mol. The molecule has 0 amide bonds. The molecule has 1 aromatic carbocycles. The highest BCUT2D eigenvalue weighted by atomic mass is 35.5. The third-order valence-corrected chi connectivity index (χ3v) is 4.09. The SMILES string of the molecule is CC(C)CC1CN(c2cccc(Cl)c2Cl)CCN1. The highest BCUT2D eigenvalue weighted by Gasteiger charge is 2.22. The Morgan fingerprint density at radius 2 is 2.17 bits per heavy atom. The number of nitrogens with zero attached hydrogens (tertiary/aromatic N) is 1. The molecule has 1 aliphatic heterocycles. The van der Waals surface area contributed by atoms with Crippen LogP contribution in [0.5, 0.6) is 0 Å². The second-order valence-electron chi connectivity index (χ2n) is 5.30. The Morgan fingerprint density at radius 1 is 1.39 bits per heavy atom. The molecule has 2 nitrogen and oxygen atoms in total. The maximum atomic E-state index is 6.29. The van der Waals surface area contributed by atoms with Crippen LogP contribution in [0.1, 0.15) is 20.3 Å². The number of rotatable bonds is 3. The van der Waals surface area contributed by atoms with Crippen LogP contribution in [-0.2, 0) is 0 Å². The van der Waals surface area contributed by atoms with Gasteiger partial charge in [-0.1, -0.05) is 43.1 Å². The lowest BCUT2D eigenvalue weighted by molar-refractivity contribution is 0.388. The largest absolute Gasteiger partial charge is 0.367 e. The maximum absolute atomic E-state index is 6.29. The van der Waals surface area contributed by atoms with Crippen molar-refractivity contribution in [3.63, 3.8) is 0 Å². The predicted molar refractivity (Wildman–Crippen MR) is 79.9 cm³/mol. The van der Waals surface area contributed by atoms with Crippen molar-refractivity contribution in [3.05, 3.63) is 28.2 Å². The first-order chi connectivity index (χ1) is 8.58. The van der Waals surface area contributed by atoms with E-state index in [4.69, 9.17) is 23.2 Å². The van der Waals surface area contributed by atoms with E-state index in [0.717, 1.165) is 25.3 Å². The second kappa shape index (κ2) is 6.14. The molecule has 0 saturated carbocycles. The van der Waals surface area contributed by atoms with Crippen LogP contribution < -0.4 is 10.2 Å². The molecule has 0 aromatic heterocycles. The molecule has 0 bridgehead atoms. The Kier molecular flexibility index (Phi) is 4.77. The van der Waals surface area contributed by atoms with E-state index >= 15 is 0 Å². The molecule has 1 aromatic rings. The van der Waals surface area contributed by atoms with Gasteiger partial charge in [-0.05, 0) is 24.5 Å². The highest BCUT2D eigenvalue weighted by Crippen LogP contribution is 2.33. The summed E-state index contributed by atoms with van der Waals surface area (Å²) in [4.78, 5) is 2.33. The molecule has 0 aliphatic carbocycles. The zero-order valence-electron chi connectivity index (χ0n) is 10.9. The molecule has 1 heterocycles. The molecule has 0 radical (unpaired) electrons. The van der Waals surface area contributed by atoms with Gasteiger partial charge in [0.25, 0.3) is 0 Å². The fourth-order valence-corrected chi connectivity index (χ4v) is 2.92. The normalized spacial score (nSPS) is 20.5. The van der Waals surface area contributed by atoms with Crippen LogP contribution in [0.15, 0.2) is 18.2 Å². The van der Waals surface area contributed by atoms with Gasteiger partial charge in [0, 0.05) is 25.7 Å². The summed E-state index contributed by atoms with van der Waals surface area (Å²) < 4.78 is 0. The summed E-state index contributed by atoms with van der Waals surface area (Å²) in [5.74, 6) is 0.706. The van der Waals surface area contributed by atoms with Crippen molar-refractivity contribution in [1.82, 2.24) is 5.32 Å². The monoisotopic (exact) mass is 286 g/mol. The van der Waals surface area contributed by atoms with Gasteiger partial charge in [-0.25, -0.2) is 0 Å². The van der Waals surface area contributed by atoms with Crippen LogP contribution in [-0.4, -0.2) is 25.7 Å². The van der Waals surface area contributed by atoms with E-state index < -0.39 is 0 Å². The molecule has 1 unspecified atom stereocenters. The molecule has 100 valence electrons. The lowest BCUT2D eigenvalue weighted by Crippen LogP contribution is -2.51. The summed E-state index contributed by atoms with van der Waals surface area (Å²) in [5.41, 5.74) is 1.06. The summed E-state index contributed by atoms with van der Waals surface area (Å²) in [5, 5.41) is 4.87. The number of hydrogen-bond donors (Lipinski definition) is 1. The minimum absolute atomic E-state index is 0.536. The summed E-state index contributed by atoms with van der Waals surface area (Å²) in [6.45, 7) is 7.49. The molecule has 0 spiro atoms. The zero-order valence-corrected chi connectivity index (χ0v) is 12.4. The topological polar surface area (TPSA) is 15.3 Å². The molecule has 1 aliphatic rings. The summed E-state index contributed by atoms with van der Waals surface area (Å²) >= 11 is 12.4. The second-order valence-corrected chi connectivity index (χ2v) is 6.08. The first-order valence-corrected chi connectivity index (χ1v) is 7.26. The maximum Gasteiger partial charge on any atom is 0.0825 e. The van der Waals surface area contributed by atoms with E-state index in [0.29, 0.717) is 22.0 Å². The first kappa shape index (κ1) is 14.0. The minimum atomic E-state index is 0.536. The smallest absolute Gasteiger partial charge is 0.0825 e. The molecule has 2 rings (SSSR count). The van der Waals surface area contributed by atoms with Crippen molar-refractivity contribution in [2.75, 3.05) is 24.5 Å². The quantitative estimate of drug-likeness (QED) is 0.909. The molecule has 4 heteroatoms. The number of nitrogens with one attached hydrogen (secondary N) is 1. The highest BCUT2D eigenvalue weighted by molar-refractivity contribution is 6.43. The predicted octanol–water partition coefficient (Wildman–Crippen LogP) is 3.82. The standard InChI is InChI=1S/C14H20Cl2N2/c1-10(2)8-11-9-18(7-6-17-11)13-5-3-4-12(15)14(13)16/h3-5,10-11,17H,6-9H2,1-2H3. The van der Waals surface area contributed by atoms with E-state index in [2.05, 4.69) is 24.1 Å². The van der Waals surface area contributed by atoms with Gasteiger partial charge in [0.05, 0.1) is 15.7 Å². The summed E-state index contributed by atoms with van der Waals surface area (Å²) in [7, 11) is 0. The lowest BCUT2D eigenvalue weighted by Gasteiger charge is -2.36. The van der Waals surface area contributed by atoms with Gasteiger partial charge in [-0.15, -0.1) is 0 Å². The fraction of sp³-hybridized carbons (Fsp3) is 0.571. The van der Waals surface area contributed by atoms with Gasteiger partial charge >= 0.3 is 0 Å². The molecule has 1 N–H and O–H groups in total. The van der Waals surface area contributed by atoms with Crippen LogP contribution in [0.2, 0.25) is 10.0 Å². The molecule has 18 heavy (non-hydrogen) atoms. The van der Waals surface area contributed by atoms with Crippen LogP contribution in [0, 0.1) is 5.92 Å². The minimum Gasteiger partial charge on any atom is -0.367 e. The van der Waals surface area contributed by atoms with Gasteiger partial charge in [0.15, 0.2) is 0 Å². The Balaban J connectivity index is 2.11. The molecular formula is C14H20Cl2N2. The van der Waals surface area contributed by atoms with Crippen molar-refractivity contribution in [1.29, 1.82) is 0 Å². The van der Waals surface area contributed by atoms with Gasteiger partial charge < -0.3 is 10.2 Å².